The van der Waals surface area contributed by atoms with E-state index in [0.717, 1.165) is 5.56 Å². The Bertz CT molecular complexity index is 669. The Hall–Kier alpha value is -2.24. The van der Waals surface area contributed by atoms with E-state index in [1.807, 2.05) is 6.07 Å². The zero-order valence-corrected chi connectivity index (χ0v) is 16.2. The molecule has 1 saturated heterocycles. The normalized spacial score (nSPS) is 27.9. The number of aliphatic hydroxyl groups excluding tert-OH is 4. The number of nitrogens with one attached hydrogen (secondary N) is 1. The summed E-state index contributed by atoms with van der Waals surface area (Å²) in [6.07, 6.45) is -8.68. The molecular formula is C19H27NO9. The largest absolute Gasteiger partial charge is 0.461 e. The fourth-order valence-electron chi connectivity index (χ4n) is 2.71. The second kappa shape index (κ2) is 10.5. The lowest BCUT2D eigenvalue weighted by atomic mass is 9.99. The number of hydrogen-bond donors (Lipinski definition) is 5. The molecule has 2 rings (SSSR count). The molecule has 1 heterocycles. The Morgan fingerprint density at radius 3 is 2.31 bits per heavy atom. The number of esters is 1. The van der Waals surface area contributed by atoms with E-state index in [1.54, 1.807) is 38.1 Å². The van der Waals surface area contributed by atoms with Crippen LogP contribution >= 0.6 is 0 Å². The van der Waals surface area contributed by atoms with Crippen LogP contribution in [-0.4, -0.2) is 75.8 Å². The van der Waals surface area contributed by atoms with Gasteiger partial charge in [-0.15, -0.1) is 0 Å². The second-order valence-corrected chi connectivity index (χ2v) is 7.09. The summed E-state index contributed by atoms with van der Waals surface area (Å²) in [6, 6.07) is 7.99. The number of benzene rings is 1. The van der Waals surface area contributed by atoms with Crippen LogP contribution in [0.3, 0.4) is 0 Å². The van der Waals surface area contributed by atoms with Crippen molar-refractivity contribution in [2.24, 2.45) is 5.92 Å². The van der Waals surface area contributed by atoms with Crippen molar-refractivity contribution in [2.75, 3.05) is 6.61 Å². The lowest BCUT2D eigenvalue weighted by molar-refractivity contribution is -0.287. The molecule has 0 unspecified atom stereocenters. The molecule has 10 heteroatoms. The molecule has 0 aliphatic carbocycles. The fraction of sp³-hybridized carbons (Fsp3) is 0.579. The summed E-state index contributed by atoms with van der Waals surface area (Å²) in [5, 5.41) is 40.9. The van der Waals surface area contributed by atoms with Crippen LogP contribution in [0.4, 0.5) is 4.79 Å². The summed E-state index contributed by atoms with van der Waals surface area (Å²) >= 11 is 0. The molecule has 10 nitrogen and oxygen atoms in total. The average Bonchev–Trinajstić information content (AvgIpc) is 2.70. The molecule has 0 spiro atoms. The van der Waals surface area contributed by atoms with Crippen molar-refractivity contribution in [3.8, 4) is 0 Å². The van der Waals surface area contributed by atoms with Gasteiger partial charge in [0.25, 0.3) is 0 Å². The molecule has 1 fully saturated rings. The number of aliphatic hydroxyl groups is 4. The summed E-state index contributed by atoms with van der Waals surface area (Å²) in [6.45, 7) is 2.93. The van der Waals surface area contributed by atoms with Crippen LogP contribution in [0.25, 0.3) is 0 Å². The molecule has 162 valence electrons. The highest BCUT2D eigenvalue weighted by molar-refractivity contribution is 5.81. The van der Waals surface area contributed by atoms with Gasteiger partial charge in [-0.3, -0.25) is 0 Å². The highest BCUT2D eigenvalue weighted by atomic mass is 16.7. The first kappa shape index (κ1) is 23.0. The summed E-state index contributed by atoms with van der Waals surface area (Å²) in [5.41, 5.74) is 0.786. The van der Waals surface area contributed by atoms with Crippen molar-refractivity contribution in [3.63, 3.8) is 0 Å². The Balaban J connectivity index is 1.86. The van der Waals surface area contributed by atoms with Gasteiger partial charge in [0.05, 0.1) is 0 Å². The van der Waals surface area contributed by atoms with Crippen LogP contribution in [0.2, 0.25) is 0 Å². The molecule has 1 aliphatic heterocycles. The van der Waals surface area contributed by atoms with Crippen molar-refractivity contribution < 1.29 is 44.2 Å². The van der Waals surface area contributed by atoms with Gasteiger partial charge in [0.2, 0.25) is 0 Å². The number of ether oxygens (including phenoxy) is 3. The van der Waals surface area contributed by atoms with Gasteiger partial charge in [-0.2, -0.15) is 0 Å². The summed E-state index contributed by atoms with van der Waals surface area (Å²) in [5.74, 6) is -1.13. The summed E-state index contributed by atoms with van der Waals surface area (Å²) in [4.78, 5) is 24.4. The number of carbonyl (C=O) groups excluding carboxylic acids is 2. The maximum Gasteiger partial charge on any atom is 0.408 e. The molecule has 0 aromatic heterocycles. The third kappa shape index (κ3) is 6.38. The second-order valence-electron chi connectivity index (χ2n) is 7.09. The highest BCUT2D eigenvalue weighted by Gasteiger charge is 2.43. The first-order valence-electron chi connectivity index (χ1n) is 9.22. The van der Waals surface area contributed by atoms with E-state index < -0.39 is 55.4 Å². The summed E-state index contributed by atoms with van der Waals surface area (Å²) in [7, 11) is 0. The van der Waals surface area contributed by atoms with Gasteiger partial charge < -0.3 is 40.0 Å². The highest BCUT2D eigenvalue weighted by Crippen LogP contribution is 2.20. The Kier molecular flexibility index (Phi) is 8.35. The third-order valence-corrected chi connectivity index (χ3v) is 4.48. The van der Waals surface area contributed by atoms with Crippen LogP contribution in [0.15, 0.2) is 30.3 Å². The lowest BCUT2D eigenvalue weighted by Gasteiger charge is -2.38. The first-order valence-corrected chi connectivity index (χ1v) is 9.22. The molecule has 0 radical (unpaired) electrons. The van der Waals surface area contributed by atoms with Gasteiger partial charge in [-0.05, 0) is 11.5 Å². The van der Waals surface area contributed by atoms with E-state index >= 15 is 0 Å². The zero-order valence-electron chi connectivity index (χ0n) is 16.2. The van der Waals surface area contributed by atoms with Gasteiger partial charge in [-0.25, -0.2) is 9.59 Å². The van der Waals surface area contributed by atoms with Crippen molar-refractivity contribution >= 4 is 12.1 Å². The molecule has 0 bridgehead atoms. The van der Waals surface area contributed by atoms with Crippen molar-refractivity contribution in [2.45, 2.75) is 57.2 Å². The van der Waals surface area contributed by atoms with E-state index in [0.29, 0.717) is 0 Å². The molecule has 6 atom stereocenters. The van der Waals surface area contributed by atoms with E-state index in [9.17, 15) is 30.0 Å². The Labute approximate surface area is 168 Å². The predicted molar refractivity (Wildman–Crippen MR) is 98.2 cm³/mol. The quantitative estimate of drug-likeness (QED) is 0.364. The zero-order chi connectivity index (χ0) is 21.6. The first-order chi connectivity index (χ1) is 13.7. The monoisotopic (exact) mass is 413 g/mol. The average molecular weight is 413 g/mol. The molecule has 1 amide bonds. The molecule has 0 saturated carbocycles. The standard InChI is InChI=1S/C19H27NO9/c1-10(2)13(20-19(26)28-8-11-6-4-3-5-7-11)17(24)27-9-12-14(21)15(22)16(23)18(25)29-12/h3-7,10,12-16,18,21-23,25H,8-9H2,1-2H3,(H,20,26)/t12-,13-,14+,15-,16+,18+/m1/s1. The minimum absolute atomic E-state index is 0.0345. The lowest BCUT2D eigenvalue weighted by Crippen LogP contribution is -2.59. The SMILES string of the molecule is CC(C)[C@@H](NC(=O)OCc1ccccc1)C(=O)OC[C@H]1O[C@H](O)[C@@H](O)[C@H](O)[C@H]1O. The minimum atomic E-state index is -1.73. The van der Waals surface area contributed by atoms with Gasteiger partial charge in [0.1, 0.15) is 43.7 Å². The van der Waals surface area contributed by atoms with E-state index in [4.69, 9.17) is 14.2 Å². The number of amides is 1. The fourth-order valence-corrected chi connectivity index (χ4v) is 2.71. The van der Waals surface area contributed by atoms with E-state index in [-0.39, 0.29) is 12.5 Å². The van der Waals surface area contributed by atoms with Crippen LogP contribution < -0.4 is 5.32 Å². The van der Waals surface area contributed by atoms with Gasteiger partial charge in [0, 0.05) is 0 Å². The van der Waals surface area contributed by atoms with Gasteiger partial charge in [0.15, 0.2) is 6.29 Å². The Morgan fingerprint density at radius 1 is 1.03 bits per heavy atom. The van der Waals surface area contributed by atoms with E-state index in [2.05, 4.69) is 5.32 Å². The summed E-state index contributed by atoms with van der Waals surface area (Å²) < 4.78 is 15.1. The number of alkyl carbamates (subject to hydrolysis) is 1. The molecule has 29 heavy (non-hydrogen) atoms. The molecule has 5 N–H and O–H groups in total. The van der Waals surface area contributed by atoms with Crippen LogP contribution in [0.5, 0.6) is 0 Å². The Morgan fingerprint density at radius 2 is 1.69 bits per heavy atom. The van der Waals surface area contributed by atoms with Crippen LogP contribution in [0.1, 0.15) is 19.4 Å². The van der Waals surface area contributed by atoms with Crippen molar-refractivity contribution in [1.82, 2.24) is 5.32 Å². The van der Waals surface area contributed by atoms with Crippen LogP contribution in [0, 0.1) is 5.92 Å². The maximum atomic E-state index is 12.4. The van der Waals surface area contributed by atoms with Gasteiger partial charge >= 0.3 is 12.1 Å². The minimum Gasteiger partial charge on any atom is -0.461 e. The van der Waals surface area contributed by atoms with Crippen molar-refractivity contribution in [1.29, 1.82) is 0 Å². The molecule has 1 aliphatic rings. The molecular weight excluding hydrogens is 386 g/mol. The number of rotatable bonds is 7. The topological polar surface area (TPSA) is 155 Å². The smallest absolute Gasteiger partial charge is 0.408 e. The predicted octanol–water partition coefficient (Wildman–Crippen LogP) is -0.719. The van der Waals surface area contributed by atoms with Crippen LogP contribution in [-0.2, 0) is 25.6 Å². The number of carbonyl (C=O) groups is 2. The van der Waals surface area contributed by atoms with E-state index in [1.165, 1.54) is 0 Å². The van der Waals surface area contributed by atoms with Gasteiger partial charge in [-0.1, -0.05) is 44.2 Å². The van der Waals surface area contributed by atoms with Crippen molar-refractivity contribution in [3.05, 3.63) is 35.9 Å². The molecule has 1 aromatic rings. The molecule has 1 aromatic carbocycles. The maximum absolute atomic E-state index is 12.4. The number of hydrogen-bond acceptors (Lipinski definition) is 9. The third-order valence-electron chi connectivity index (χ3n) is 4.48.